The third kappa shape index (κ3) is 4.89. The summed E-state index contributed by atoms with van der Waals surface area (Å²) in [5.41, 5.74) is 0. The molecule has 0 amide bonds. The number of carbonyl (C=O) groups is 1. The second-order valence-electron chi connectivity index (χ2n) is 3.87. The summed E-state index contributed by atoms with van der Waals surface area (Å²) < 4.78 is 4.94. The summed E-state index contributed by atoms with van der Waals surface area (Å²) in [6, 6.07) is -0.174. The van der Waals surface area contributed by atoms with Crippen molar-refractivity contribution in [1.82, 2.24) is 5.32 Å². The maximum absolute atomic E-state index is 11.3. The molecule has 0 spiro atoms. The lowest BCUT2D eigenvalue weighted by molar-refractivity contribution is -0.145. The molecule has 0 aromatic heterocycles. The maximum Gasteiger partial charge on any atom is 0.322 e. The van der Waals surface area contributed by atoms with Gasteiger partial charge in [0, 0.05) is 11.8 Å². The summed E-state index contributed by atoms with van der Waals surface area (Å²) in [5.74, 6) is 1.12. The maximum atomic E-state index is 11.3. The van der Waals surface area contributed by atoms with E-state index in [0.717, 1.165) is 6.54 Å². The standard InChI is InChI=1S/C11H21NO2S/c1-3-14-11(13)9(2)12-8-10-6-4-5-7-15-10/h9-10,12H,3-8H2,1-2H3. The van der Waals surface area contributed by atoms with E-state index in [0.29, 0.717) is 11.9 Å². The van der Waals surface area contributed by atoms with Crippen LogP contribution in [0.4, 0.5) is 0 Å². The molecule has 0 aromatic carbocycles. The molecule has 2 atom stereocenters. The molecule has 15 heavy (non-hydrogen) atoms. The van der Waals surface area contributed by atoms with Crippen molar-refractivity contribution in [2.75, 3.05) is 18.9 Å². The fourth-order valence-corrected chi connectivity index (χ4v) is 2.88. The number of nitrogens with one attached hydrogen (secondary N) is 1. The van der Waals surface area contributed by atoms with E-state index in [-0.39, 0.29) is 12.0 Å². The van der Waals surface area contributed by atoms with Gasteiger partial charge in [-0.2, -0.15) is 11.8 Å². The second kappa shape index (κ2) is 7.12. The summed E-state index contributed by atoms with van der Waals surface area (Å²) >= 11 is 2.02. The first-order valence-electron chi connectivity index (χ1n) is 5.75. The van der Waals surface area contributed by atoms with Crippen molar-refractivity contribution in [3.8, 4) is 0 Å². The molecule has 88 valence electrons. The van der Waals surface area contributed by atoms with Gasteiger partial charge in [-0.15, -0.1) is 0 Å². The lowest BCUT2D eigenvalue weighted by Gasteiger charge is -2.23. The first kappa shape index (κ1) is 12.8. The van der Waals surface area contributed by atoms with Crippen LogP contribution in [-0.2, 0) is 9.53 Å². The highest BCUT2D eigenvalue weighted by molar-refractivity contribution is 7.99. The first-order chi connectivity index (χ1) is 7.24. The van der Waals surface area contributed by atoms with Crippen molar-refractivity contribution < 1.29 is 9.53 Å². The van der Waals surface area contributed by atoms with E-state index in [1.807, 2.05) is 25.6 Å². The Morgan fingerprint density at radius 3 is 3.00 bits per heavy atom. The minimum Gasteiger partial charge on any atom is -0.465 e. The molecule has 1 aliphatic heterocycles. The predicted octanol–water partition coefficient (Wildman–Crippen LogP) is 1.81. The summed E-state index contributed by atoms with van der Waals surface area (Å²) in [6.07, 6.45) is 3.94. The van der Waals surface area contributed by atoms with Crippen molar-refractivity contribution in [2.24, 2.45) is 0 Å². The van der Waals surface area contributed by atoms with Crippen molar-refractivity contribution >= 4 is 17.7 Å². The van der Waals surface area contributed by atoms with Crippen LogP contribution in [0.5, 0.6) is 0 Å². The number of hydrogen-bond donors (Lipinski definition) is 1. The zero-order valence-corrected chi connectivity index (χ0v) is 10.4. The Kier molecular flexibility index (Phi) is 6.10. The molecule has 1 aliphatic rings. The minimum absolute atomic E-state index is 0.140. The van der Waals surface area contributed by atoms with Crippen LogP contribution >= 0.6 is 11.8 Å². The molecule has 0 aliphatic carbocycles. The molecule has 0 saturated carbocycles. The number of carbonyl (C=O) groups excluding carboxylic acids is 1. The van der Waals surface area contributed by atoms with Gasteiger partial charge in [0.15, 0.2) is 0 Å². The third-order valence-electron chi connectivity index (χ3n) is 2.57. The lowest BCUT2D eigenvalue weighted by Crippen LogP contribution is -2.39. The van der Waals surface area contributed by atoms with Gasteiger partial charge in [0.05, 0.1) is 6.61 Å². The Balaban J connectivity index is 2.14. The SMILES string of the molecule is CCOC(=O)C(C)NCC1CCCCS1. The largest absolute Gasteiger partial charge is 0.465 e. The number of esters is 1. The van der Waals surface area contributed by atoms with Gasteiger partial charge >= 0.3 is 5.97 Å². The first-order valence-corrected chi connectivity index (χ1v) is 6.80. The molecular weight excluding hydrogens is 210 g/mol. The molecule has 1 fully saturated rings. The Bertz CT molecular complexity index is 193. The lowest BCUT2D eigenvalue weighted by atomic mass is 10.2. The van der Waals surface area contributed by atoms with Crippen LogP contribution in [0.25, 0.3) is 0 Å². The molecule has 1 rings (SSSR count). The average Bonchev–Trinajstić information content (AvgIpc) is 2.27. The van der Waals surface area contributed by atoms with Crippen molar-refractivity contribution in [3.05, 3.63) is 0 Å². The summed E-state index contributed by atoms with van der Waals surface area (Å²) in [4.78, 5) is 11.3. The molecule has 1 N–H and O–H groups in total. The molecule has 1 heterocycles. The molecule has 0 aromatic rings. The quantitative estimate of drug-likeness (QED) is 0.732. The monoisotopic (exact) mass is 231 g/mol. The van der Waals surface area contributed by atoms with Gasteiger partial charge in [-0.25, -0.2) is 0 Å². The Labute approximate surface area is 96.3 Å². The van der Waals surface area contributed by atoms with Gasteiger partial charge in [0.2, 0.25) is 0 Å². The Morgan fingerprint density at radius 2 is 2.40 bits per heavy atom. The zero-order valence-electron chi connectivity index (χ0n) is 9.62. The van der Waals surface area contributed by atoms with Crippen LogP contribution < -0.4 is 5.32 Å². The summed E-state index contributed by atoms with van der Waals surface area (Å²) in [5, 5.41) is 3.92. The Hall–Kier alpha value is -0.220. The van der Waals surface area contributed by atoms with Gasteiger partial charge < -0.3 is 10.1 Å². The normalized spacial score (nSPS) is 23.5. The molecule has 0 bridgehead atoms. The molecule has 2 unspecified atom stereocenters. The molecule has 0 radical (unpaired) electrons. The number of ether oxygens (including phenoxy) is 1. The van der Waals surface area contributed by atoms with Crippen LogP contribution in [0.2, 0.25) is 0 Å². The summed E-state index contributed by atoms with van der Waals surface area (Å²) in [7, 11) is 0. The van der Waals surface area contributed by atoms with Crippen LogP contribution in [0.15, 0.2) is 0 Å². The minimum atomic E-state index is -0.174. The predicted molar refractivity (Wildman–Crippen MR) is 64.2 cm³/mol. The summed E-state index contributed by atoms with van der Waals surface area (Å²) in [6.45, 7) is 5.08. The van der Waals surface area contributed by atoms with Crippen LogP contribution in [0, 0.1) is 0 Å². The zero-order chi connectivity index (χ0) is 11.1. The number of hydrogen-bond acceptors (Lipinski definition) is 4. The van der Waals surface area contributed by atoms with Crippen LogP contribution in [0.3, 0.4) is 0 Å². The average molecular weight is 231 g/mol. The number of rotatable bonds is 5. The third-order valence-corrected chi connectivity index (χ3v) is 3.96. The van der Waals surface area contributed by atoms with E-state index in [1.54, 1.807) is 0 Å². The smallest absolute Gasteiger partial charge is 0.322 e. The van der Waals surface area contributed by atoms with Crippen LogP contribution in [-0.4, -0.2) is 36.2 Å². The van der Waals surface area contributed by atoms with Crippen LogP contribution in [0.1, 0.15) is 33.1 Å². The fraction of sp³-hybridized carbons (Fsp3) is 0.909. The molecular formula is C11H21NO2S. The van der Waals surface area contributed by atoms with E-state index >= 15 is 0 Å². The Morgan fingerprint density at radius 1 is 1.60 bits per heavy atom. The van der Waals surface area contributed by atoms with E-state index in [1.165, 1.54) is 25.0 Å². The highest BCUT2D eigenvalue weighted by atomic mass is 32.2. The van der Waals surface area contributed by atoms with Gasteiger partial charge in [0.1, 0.15) is 6.04 Å². The van der Waals surface area contributed by atoms with E-state index in [4.69, 9.17) is 4.74 Å². The van der Waals surface area contributed by atoms with E-state index in [9.17, 15) is 4.79 Å². The fourth-order valence-electron chi connectivity index (χ4n) is 1.63. The number of thioether (sulfide) groups is 1. The van der Waals surface area contributed by atoms with Crippen molar-refractivity contribution in [1.29, 1.82) is 0 Å². The molecule has 3 nitrogen and oxygen atoms in total. The molecule has 4 heteroatoms. The molecule has 1 saturated heterocycles. The second-order valence-corrected chi connectivity index (χ2v) is 5.28. The van der Waals surface area contributed by atoms with Gasteiger partial charge in [0.25, 0.3) is 0 Å². The highest BCUT2D eigenvalue weighted by Gasteiger charge is 2.17. The van der Waals surface area contributed by atoms with Gasteiger partial charge in [-0.3, -0.25) is 4.79 Å². The van der Waals surface area contributed by atoms with Crippen molar-refractivity contribution in [3.63, 3.8) is 0 Å². The van der Waals surface area contributed by atoms with Gasteiger partial charge in [-0.05, 0) is 32.4 Å². The van der Waals surface area contributed by atoms with E-state index < -0.39 is 0 Å². The van der Waals surface area contributed by atoms with Gasteiger partial charge in [-0.1, -0.05) is 6.42 Å². The topological polar surface area (TPSA) is 38.3 Å². The van der Waals surface area contributed by atoms with Crippen molar-refractivity contribution in [2.45, 2.75) is 44.4 Å². The highest BCUT2D eigenvalue weighted by Crippen LogP contribution is 2.24. The van der Waals surface area contributed by atoms with E-state index in [2.05, 4.69) is 5.32 Å².